The van der Waals surface area contributed by atoms with Gasteiger partial charge in [-0.3, -0.25) is 14.5 Å². The normalized spacial score (nSPS) is 14.2. The topological polar surface area (TPSA) is 78.7 Å². The third-order valence-corrected chi connectivity index (χ3v) is 4.57. The van der Waals surface area contributed by atoms with Crippen molar-refractivity contribution in [1.29, 1.82) is 0 Å². The van der Waals surface area contributed by atoms with Crippen LogP contribution < -0.4 is 11.1 Å². The fraction of sp³-hybridized carbons (Fsp3) is 0.556. The third kappa shape index (κ3) is 7.11. The van der Waals surface area contributed by atoms with Gasteiger partial charge in [0.2, 0.25) is 11.8 Å². The van der Waals surface area contributed by atoms with E-state index in [1.54, 1.807) is 0 Å². The second-order valence-corrected chi connectivity index (χ2v) is 6.34. The van der Waals surface area contributed by atoms with E-state index >= 15 is 0 Å². The van der Waals surface area contributed by atoms with Crippen molar-refractivity contribution in [3.8, 4) is 0 Å². The van der Waals surface area contributed by atoms with E-state index in [1.165, 1.54) is 0 Å². The molecule has 1 saturated heterocycles. The maximum absolute atomic E-state index is 12.3. The van der Waals surface area contributed by atoms with Crippen molar-refractivity contribution in [2.24, 2.45) is 5.73 Å². The average Bonchev–Trinajstić information content (AvgIpc) is 2.57. The molecule has 1 heterocycles. The first-order valence-corrected chi connectivity index (χ1v) is 8.57. The Kier molecular flexibility index (Phi) is 11.5. The Morgan fingerprint density at radius 2 is 1.77 bits per heavy atom. The summed E-state index contributed by atoms with van der Waals surface area (Å²) in [5, 5.41) is 2.99. The summed E-state index contributed by atoms with van der Waals surface area (Å²) in [6.07, 6.45) is 1.25. The lowest BCUT2D eigenvalue weighted by Crippen LogP contribution is -2.50. The van der Waals surface area contributed by atoms with Crippen LogP contribution in [0.4, 0.5) is 5.69 Å². The maximum Gasteiger partial charge on any atom is 0.238 e. The molecule has 0 aliphatic carbocycles. The Hall–Kier alpha value is -1.34. The summed E-state index contributed by atoms with van der Waals surface area (Å²) in [4.78, 5) is 28.2. The minimum atomic E-state index is -0.00777. The lowest BCUT2D eigenvalue weighted by molar-refractivity contribution is -0.133. The molecule has 1 aliphatic heterocycles. The molecule has 2 rings (SSSR count). The highest BCUT2D eigenvalue weighted by Gasteiger charge is 2.22. The van der Waals surface area contributed by atoms with E-state index in [2.05, 4.69) is 10.2 Å². The van der Waals surface area contributed by atoms with Crippen LogP contribution in [0.25, 0.3) is 0 Å². The second kappa shape index (κ2) is 12.1. The van der Waals surface area contributed by atoms with E-state index in [4.69, 9.17) is 5.73 Å². The van der Waals surface area contributed by atoms with Gasteiger partial charge in [-0.2, -0.15) is 0 Å². The van der Waals surface area contributed by atoms with Crippen LogP contribution in [0.3, 0.4) is 0 Å². The van der Waals surface area contributed by atoms with Gasteiger partial charge in [0.25, 0.3) is 0 Å². The van der Waals surface area contributed by atoms with Gasteiger partial charge in [-0.25, -0.2) is 0 Å². The monoisotopic (exact) mass is 404 g/mol. The number of anilines is 1. The number of nitrogens with zero attached hydrogens (tertiary/aromatic N) is 2. The molecular formula is C18H30Cl2N4O2. The predicted molar refractivity (Wildman–Crippen MR) is 110 cm³/mol. The average molecular weight is 405 g/mol. The van der Waals surface area contributed by atoms with Crippen LogP contribution in [0, 0.1) is 13.8 Å². The van der Waals surface area contributed by atoms with Gasteiger partial charge in [0.05, 0.1) is 6.54 Å². The highest BCUT2D eigenvalue weighted by molar-refractivity contribution is 5.93. The summed E-state index contributed by atoms with van der Waals surface area (Å²) < 4.78 is 0. The van der Waals surface area contributed by atoms with Crippen molar-refractivity contribution in [2.75, 3.05) is 44.6 Å². The molecule has 6 nitrogen and oxygen atoms in total. The van der Waals surface area contributed by atoms with E-state index < -0.39 is 0 Å². The molecule has 0 spiro atoms. The van der Waals surface area contributed by atoms with Gasteiger partial charge in [-0.15, -0.1) is 24.8 Å². The van der Waals surface area contributed by atoms with E-state index in [1.807, 2.05) is 36.9 Å². The van der Waals surface area contributed by atoms with Crippen LogP contribution in [-0.4, -0.2) is 60.9 Å². The van der Waals surface area contributed by atoms with Crippen LogP contribution in [0.5, 0.6) is 0 Å². The fourth-order valence-corrected chi connectivity index (χ4v) is 2.85. The fourth-order valence-electron chi connectivity index (χ4n) is 2.85. The first-order valence-electron chi connectivity index (χ1n) is 8.57. The molecule has 0 unspecified atom stereocenters. The van der Waals surface area contributed by atoms with Crippen molar-refractivity contribution in [3.63, 3.8) is 0 Å². The molecular weight excluding hydrogens is 375 g/mol. The minimum absolute atomic E-state index is 0. The number of carbonyl (C=O) groups excluding carboxylic acids is 2. The smallest absolute Gasteiger partial charge is 0.238 e. The number of hydrogen-bond acceptors (Lipinski definition) is 4. The summed E-state index contributed by atoms with van der Waals surface area (Å²) in [6.45, 7) is 7.77. The van der Waals surface area contributed by atoms with Crippen molar-refractivity contribution in [3.05, 3.63) is 29.3 Å². The number of piperazine rings is 1. The Labute approximate surface area is 168 Å². The second-order valence-electron chi connectivity index (χ2n) is 6.34. The van der Waals surface area contributed by atoms with Crippen LogP contribution in [0.2, 0.25) is 0 Å². The van der Waals surface area contributed by atoms with Gasteiger partial charge in [0, 0.05) is 38.3 Å². The molecule has 3 N–H and O–H groups in total. The molecule has 26 heavy (non-hydrogen) atoms. The molecule has 0 aromatic heterocycles. The molecule has 0 bridgehead atoms. The molecule has 0 radical (unpaired) electrons. The summed E-state index contributed by atoms with van der Waals surface area (Å²) in [7, 11) is 0. The zero-order chi connectivity index (χ0) is 17.5. The molecule has 1 aliphatic rings. The van der Waals surface area contributed by atoms with E-state index in [0.29, 0.717) is 32.6 Å². The van der Waals surface area contributed by atoms with Crippen LogP contribution in [-0.2, 0) is 9.59 Å². The standard InChI is InChI=1S/C18H28N4O2.2ClH/c1-14-5-3-6-16(15(14)2)20-17(23)13-21-9-11-22(12-10-21)18(24)7-4-8-19;;/h3,5-6H,4,7-13,19H2,1-2H3,(H,20,23);2*1H. The molecule has 148 valence electrons. The molecule has 1 aromatic rings. The summed E-state index contributed by atoms with van der Waals surface area (Å²) in [5.74, 6) is 0.159. The number of halogens is 2. The number of nitrogens with one attached hydrogen (secondary N) is 1. The maximum atomic E-state index is 12.3. The van der Waals surface area contributed by atoms with Gasteiger partial charge in [0.1, 0.15) is 0 Å². The summed E-state index contributed by atoms with van der Waals surface area (Å²) >= 11 is 0. The largest absolute Gasteiger partial charge is 0.340 e. The Bertz CT molecular complexity index is 591. The van der Waals surface area contributed by atoms with Crippen molar-refractivity contribution in [2.45, 2.75) is 26.7 Å². The van der Waals surface area contributed by atoms with Crippen LogP contribution in [0.15, 0.2) is 18.2 Å². The van der Waals surface area contributed by atoms with Crippen molar-refractivity contribution in [1.82, 2.24) is 9.80 Å². The Morgan fingerprint density at radius 3 is 2.38 bits per heavy atom. The van der Waals surface area contributed by atoms with Crippen LogP contribution in [0.1, 0.15) is 24.0 Å². The number of carbonyl (C=O) groups is 2. The number of aryl methyl sites for hydroxylation is 1. The number of hydrogen-bond donors (Lipinski definition) is 2. The highest BCUT2D eigenvalue weighted by atomic mass is 35.5. The SMILES string of the molecule is Cc1cccc(NC(=O)CN2CCN(C(=O)CCCN)CC2)c1C.Cl.Cl. The minimum Gasteiger partial charge on any atom is -0.340 e. The predicted octanol–water partition coefficient (Wildman–Crippen LogP) is 1.97. The lowest BCUT2D eigenvalue weighted by atomic mass is 10.1. The quantitative estimate of drug-likeness (QED) is 0.759. The first-order chi connectivity index (χ1) is 11.5. The third-order valence-electron chi connectivity index (χ3n) is 4.57. The molecule has 8 heteroatoms. The summed E-state index contributed by atoms with van der Waals surface area (Å²) in [5.41, 5.74) is 8.58. The number of benzene rings is 1. The van der Waals surface area contributed by atoms with E-state index in [0.717, 1.165) is 36.3 Å². The lowest BCUT2D eigenvalue weighted by Gasteiger charge is -2.34. The van der Waals surface area contributed by atoms with Gasteiger partial charge in [0.15, 0.2) is 0 Å². The number of rotatable bonds is 6. The Balaban J connectivity index is 0.00000312. The van der Waals surface area contributed by atoms with E-state index in [-0.39, 0.29) is 36.6 Å². The zero-order valence-corrected chi connectivity index (χ0v) is 17.1. The van der Waals surface area contributed by atoms with Crippen LogP contribution >= 0.6 is 24.8 Å². The summed E-state index contributed by atoms with van der Waals surface area (Å²) in [6, 6.07) is 5.91. The first kappa shape index (κ1) is 24.7. The Morgan fingerprint density at radius 1 is 1.12 bits per heavy atom. The molecule has 0 atom stereocenters. The van der Waals surface area contributed by atoms with Gasteiger partial charge in [-0.1, -0.05) is 12.1 Å². The van der Waals surface area contributed by atoms with Gasteiger partial charge >= 0.3 is 0 Å². The van der Waals surface area contributed by atoms with Gasteiger partial charge < -0.3 is 16.0 Å². The molecule has 0 saturated carbocycles. The molecule has 1 aromatic carbocycles. The van der Waals surface area contributed by atoms with E-state index in [9.17, 15) is 9.59 Å². The highest BCUT2D eigenvalue weighted by Crippen LogP contribution is 2.18. The number of amides is 2. The molecule has 2 amide bonds. The zero-order valence-electron chi connectivity index (χ0n) is 15.5. The van der Waals surface area contributed by atoms with Crippen molar-refractivity contribution < 1.29 is 9.59 Å². The van der Waals surface area contributed by atoms with Crippen molar-refractivity contribution >= 4 is 42.3 Å². The van der Waals surface area contributed by atoms with Gasteiger partial charge in [-0.05, 0) is 44.0 Å². The molecule has 1 fully saturated rings. The number of nitrogens with two attached hydrogens (primary N) is 1.